The van der Waals surface area contributed by atoms with Crippen molar-refractivity contribution in [1.29, 1.82) is 0 Å². The molecule has 0 unspecified atom stereocenters. The van der Waals surface area contributed by atoms with Crippen LogP contribution in [0.15, 0.2) is 23.2 Å². The lowest BCUT2D eigenvalue weighted by molar-refractivity contribution is 0.0836. The third kappa shape index (κ3) is 3.63. The van der Waals surface area contributed by atoms with Crippen LogP contribution >= 0.6 is 11.6 Å². The fourth-order valence-electron chi connectivity index (χ4n) is 5.06. The van der Waals surface area contributed by atoms with Gasteiger partial charge in [-0.2, -0.15) is 4.98 Å². The fraction of sp³-hybridized carbons (Fsp3) is 0.522. The second kappa shape index (κ2) is 8.53. The Hall–Kier alpha value is -2.78. The zero-order chi connectivity index (χ0) is 23.2. The van der Waals surface area contributed by atoms with Gasteiger partial charge in [-0.15, -0.1) is 0 Å². The Balaban J connectivity index is 1.62. The molecule has 1 saturated carbocycles. The molecule has 33 heavy (non-hydrogen) atoms. The van der Waals surface area contributed by atoms with Crippen molar-refractivity contribution < 1.29 is 14.6 Å². The quantitative estimate of drug-likeness (QED) is 0.643. The smallest absolute Gasteiger partial charge is 0.281 e. The summed E-state index contributed by atoms with van der Waals surface area (Å²) in [5, 5.41) is 14.2. The van der Waals surface area contributed by atoms with Crippen molar-refractivity contribution in [3.8, 4) is 5.75 Å². The average Bonchev–Trinajstić information content (AvgIpc) is 3.55. The molecule has 176 valence electrons. The maximum atomic E-state index is 13.6. The number of carbonyl (C=O) groups excluding carboxylic acids is 1. The highest BCUT2D eigenvalue weighted by Gasteiger charge is 2.43. The molecule has 10 heteroatoms. The van der Waals surface area contributed by atoms with E-state index in [2.05, 4.69) is 10.3 Å². The number of guanidine groups is 1. The van der Waals surface area contributed by atoms with Crippen molar-refractivity contribution in [1.82, 2.24) is 14.5 Å². The van der Waals surface area contributed by atoms with E-state index in [4.69, 9.17) is 21.3 Å². The van der Waals surface area contributed by atoms with Crippen LogP contribution in [-0.4, -0.2) is 70.3 Å². The number of aliphatic hydroxyl groups is 1. The number of benzene rings is 1. The van der Waals surface area contributed by atoms with Crippen LogP contribution in [0.4, 0.5) is 11.8 Å². The Morgan fingerprint density at radius 1 is 1.30 bits per heavy atom. The van der Waals surface area contributed by atoms with Crippen molar-refractivity contribution in [2.45, 2.75) is 44.7 Å². The summed E-state index contributed by atoms with van der Waals surface area (Å²) in [6, 6.07) is 5.61. The number of aromatic nitrogens is 2. The Morgan fingerprint density at radius 3 is 2.76 bits per heavy atom. The second-order valence-corrected chi connectivity index (χ2v) is 9.22. The van der Waals surface area contributed by atoms with E-state index in [1.54, 1.807) is 12.0 Å². The highest BCUT2D eigenvalue weighted by Crippen LogP contribution is 2.38. The zero-order valence-electron chi connectivity index (χ0n) is 19.0. The summed E-state index contributed by atoms with van der Waals surface area (Å²) in [5.41, 5.74) is 1.02. The molecule has 3 heterocycles. The van der Waals surface area contributed by atoms with Gasteiger partial charge in [0.05, 0.1) is 37.4 Å². The van der Waals surface area contributed by atoms with Crippen LogP contribution in [0.2, 0.25) is 5.02 Å². The maximum Gasteiger partial charge on any atom is 0.281 e. The molecule has 2 N–H and O–H groups in total. The lowest BCUT2D eigenvalue weighted by Crippen LogP contribution is -2.50. The Bertz CT molecular complexity index is 1110. The number of fused-ring (bicyclic) bond motifs is 3. The normalized spacial score (nSPS) is 18.9. The van der Waals surface area contributed by atoms with E-state index in [9.17, 15) is 9.90 Å². The van der Waals surface area contributed by atoms with E-state index >= 15 is 0 Å². The van der Waals surface area contributed by atoms with E-state index in [0.29, 0.717) is 60.4 Å². The third-order valence-corrected chi connectivity index (χ3v) is 7.12. The Kier molecular flexibility index (Phi) is 5.70. The predicted octanol–water partition coefficient (Wildman–Crippen LogP) is 2.96. The lowest BCUT2D eigenvalue weighted by atomic mass is 9.99. The minimum absolute atomic E-state index is 0.0182. The van der Waals surface area contributed by atoms with Crippen LogP contribution in [0.5, 0.6) is 5.75 Å². The Labute approximate surface area is 198 Å². The molecule has 1 fully saturated rings. The van der Waals surface area contributed by atoms with Crippen molar-refractivity contribution in [3.05, 3.63) is 34.5 Å². The SMILES string of the molecule is CCN1C(=O)c2c(nc(NC3(CO)CCCC3)n2Cc2ccc(OC)c(Cl)c2)N2CCN=C12. The molecule has 3 aliphatic rings. The number of ether oxygens (including phenoxy) is 1. The largest absolute Gasteiger partial charge is 0.495 e. The summed E-state index contributed by atoms with van der Waals surface area (Å²) >= 11 is 6.38. The number of imidazole rings is 1. The molecule has 0 radical (unpaired) electrons. The van der Waals surface area contributed by atoms with Gasteiger partial charge < -0.3 is 15.2 Å². The van der Waals surface area contributed by atoms with Crippen molar-refractivity contribution in [2.24, 2.45) is 4.99 Å². The number of hydrogen-bond donors (Lipinski definition) is 2. The number of aliphatic hydroxyl groups excluding tert-OH is 1. The fourth-order valence-corrected chi connectivity index (χ4v) is 5.34. The van der Waals surface area contributed by atoms with E-state index in [1.165, 1.54) is 0 Å². The summed E-state index contributed by atoms with van der Waals surface area (Å²) in [6.07, 6.45) is 3.82. The minimum atomic E-state index is -0.432. The summed E-state index contributed by atoms with van der Waals surface area (Å²) in [5.74, 6) is 2.35. The first kappa shape index (κ1) is 22.0. The number of halogens is 1. The van der Waals surface area contributed by atoms with Gasteiger partial charge in [0.2, 0.25) is 11.9 Å². The molecule has 9 nitrogen and oxygen atoms in total. The van der Waals surface area contributed by atoms with Crippen molar-refractivity contribution in [3.63, 3.8) is 0 Å². The molecule has 5 rings (SSSR count). The van der Waals surface area contributed by atoms with E-state index in [1.807, 2.05) is 34.6 Å². The second-order valence-electron chi connectivity index (χ2n) is 8.82. The first-order valence-electron chi connectivity index (χ1n) is 11.5. The number of methoxy groups -OCH3 is 1. The molecule has 0 spiro atoms. The number of carbonyl (C=O) groups is 1. The van der Waals surface area contributed by atoms with Crippen molar-refractivity contribution in [2.75, 3.05) is 43.6 Å². The molecule has 1 aromatic heterocycles. The van der Waals surface area contributed by atoms with Crippen LogP contribution in [0, 0.1) is 0 Å². The molecular weight excluding hydrogens is 444 g/mol. The van der Waals surface area contributed by atoms with Gasteiger partial charge in [-0.25, -0.2) is 0 Å². The number of nitrogens with one attached hydrogen (secondary N) is 1. The van der Waals surface area contributed by atoms with Gasteiger partial charge >= 0.3 is 0 Å². The maximum absolute atomic E-state index is 13.6. The molecule has 1 aliphatic carbocycles. The van der Waals surface area contributed by atoms with Gasteiger partial charge in [0.25, 0.3) is 5.91 Å². The van der Waals surface area contributed by atoms with Crippen LogP contribution in [0.3, 0.4) is 0 Å². The predicted molar refractivity (Wildman–Crippen MR) is 128 cm³/mol. The van der Waals surface area contributed by atoms with Gasteiger partial charge in [-0.1, -0.05) is 30.5 Å². The number of hydrogen-bond acceptors (Lipinski definition) is 7. The molecule has 0 atom stereocenters. The van der Waals surface area contributed by atoms with Gasteiger partial charge in [0.15, 0.2) is 11.5 Å². The molecule has 1 amide bonds. The number of anilines is 2. The summed E-state index contributed by atoms with van der Waals surface area (Å²) in [6.45, 7) is 4.20. The molecule has 0 saturated heterocycles. The number of amides is 1. The van der Waals surface area contributed by atoms with Crippen LogP contribution in [0.25, 0.3) is 0 Å². The molecule has 2 aliphatic heterocycles. The first-order valence-corrected chi connectivity index (χ1v) is 11.8. The Morgan fingerprint density at radius 2 is 2.09 bits per heavy atom. The zero-order valence-corrected chi connectivity index (χ0v) is 19.7. The molecule has 2 aromatic rings. The van der Waals surface area contributed by atoms with Gasteiger partial charge in [-0.05, 0) is 37.5 Å². The highest BCUT2D eigenvalue weighted by atomic mass is 35.5. The molecule has 0 bridgehead atoms. The van der Waals surface area contributed by atoms with Crippen LogP contribution in [0.1, 0.15) is 48.7 Å². The topological polar surface area (TPSA) is 95.2 Å². The molecular formula is C23H29ClN6O3. The third-order valence-electron chi connectivity index (χ3n) is 6.83. The van der Waals surface area contributed by atoms with Crippen LogP contribution in [-0.2, 0) is 6.54 Å². The summed E-state index contributed by atoms with van der Waals surface area (Å²) in [4.78, 5) is 26.8. The van der Waals surface area contributed by atoms with Gasteiger partial charge in [-0.3, -0.25) is 24.2 Å². The number of nitrogens with zero attached hydrogens (tertiary/aromatic N) is 5. The summed E-state index contributed by atoms with van der Waals surface area (Å²) < 4.78 is 7.21. The van der Waals surface area contributed by atoms with E-state index < -0.39 is 5.54 Å². The van der Waals surface area contributed by atoms with Gasteiger partial charge in [0, 0.05) is 13.1 Å². The summed E-state index contributed by atoms with van der Waals surface area (Å²) in [7, 11) is 1.58. The van der Waals surface area contributed by atoms with Crippen molar-refractivity contribution >= 4 is 35.2 Å². The number of rotatable bonds is 7. The average molecular weight is 473 g/mol. The highest BCUT2D eigenvalue weighted by molar-refractivity contribution is 6.32. The minimum Gasteiger partial charge on any atom is -0.495 e. The molecule has 1 aromatic carbocycles. The monoisotopic (exact) mass is 472 g/mol. The van der Waals surface area contributed by atoms with Crippen LogP contribution < -0.4 is 15.0 Å². The number of aliphatic imine (C=N–C) groups is 1. The van der Waals surface area contributed by atoms with E-state index in [-0.39, 0.29) is 12.5 Å². The lowest BCUT2D eigenvalue weighted by Gasteiger charge is -2.33. The van der Waals surface area contributed by atoms with E-state index in [0.717, 1.165) is 31.2 Å². The first-order chi connectivity index (χ1) is 16.0. The van der Waals surface area contributed by atoms with Gasteiger partial charge in [0.1, 0.15) is 5.75 Å². The standard InChI is InChI=1S/C23H29ClN6O3/c1-3-28-20(32)18-19(29-11-10-25-22(28)29)26-21(27-23(14-31)8-4-5-9-23)30(18)13-15-6-7-17(33-2)16(24)12-15/h6-7,12,31H,3-5,8-11,13-14H2,1-2H3,(H,26,27).